The molecule has 2 aromatic rings. The van der Waals surface area contributed by atoms with Crippen LogP contribution in [-0.2, 0) is 0 Å². The van der Waals surface area contributed by atoms with Gasteiger partial charge in [0.25, 0.3) is 0 Å². The van der Waals surface area contributed by atoms with Crippen LogP contribution in [0.3, 0.4) is 0 Å². The molecule has 0 saturated heterocycles. The molecule has 0 spiro atoms. The third-order valence-corrected chi connectivity index (χ3v) is 5.97. The van der Waals surface area contributed by atoms with Crippen LogP contribution >= 0.6 is 0 Å². The fourth-order valence-corrected chi connectivity index (χ4v) is 4.16. The minimum absolute atomic E-state index is 0.384. The zero-order chi connectivity index (χ0) is 22.1. The van der Waals surface area contributed by atoms with Gasteiger partial charge in [-0.05, 0) is 59.4 Å². The minimum Gasteiger partial charge on any atom is -0.618 e. The van der Waals surface area contributed by atoms with Gasteiger partial charge in [0.2, 0.25) is 11.2 Å². The van der Waals surface area contributed by atoms with Gasteiger partial charge in [-0.1, -0.05) is 35.4 Å². The summed E-state index contributed by atoms with van der Waals surface area (Å²) in [6.07, 6.45) is 5.71. The molecule has 1 aliphatic rings. The Morgan fingerprint density at radius 3 is 2.60 bits per heavy atom. The molecule has 162 valence electrons. The van der Waals surface area contributed by atoms with Gasteiger partial charge >= 0.3 is 0 Å². The lowest BCUT2D eigenvalue weighted by molar-refractivity contribution is -0.584. The first kappa shape index (κ1) is 22.3. The Morgan fingerprint density at radius 2 is 1.90 bits per heavy atom. The number of nitrogens with zero attached hydrogens (tertiary/aromatic N) is 1. The van der Waals surface area contributed by atoms with E-state index in [9.17, 15) is 15.4 Å². The van der Waals surface area contributed by atoms with Gasteiger partial charge in [0.15, 0.2) is 11.9 Å². The lowest BCUT2D eigenvalue weighted by Gasteiger charge is -2.31. The molecule has 1 aromatic carbocycles. The van der Waals surface area contributed by atoms with Gasteiger partial charge < -0.3 is 20.2 Å². The molecule has 0 radical (unpaired) electrons. The molecule has 30 heavy (non-hydrogen) atoms. The highest BCUT2D eigenvalue weighted by atomic mass is 16.5. The standard InChI is InChI=1S/C25H33NO4/c1-16(2)10-8-11-17(3)12-9-15-25(5,28)24-22(27)21-19-13-6-7-14-20(19)26(29)18(4)23(21)30-24/h6-7,10,12-14,22,24,27-28H,8-9,11,15H2,1-5H3/b17-12+/t22-,24+,25-/m0/s1. The quantitative estimate of drug-likeness (QED) is 0.390. The molecule has 1 aliphatic heterocycles. The zero-order valence-corrected chi connectivity index (χ0v) is 18.6. The molecule has 2 N–H and O–H groups in total. The largest absolute Gasteiger partial charge is 0.618 e. The Kier molecular flexibility index (Phi) is 6.53. The van der Waals surface area contributed by atoms with Crippen molar-refractivity contribution in [2.75, 3.05) is 0 Å². The molecule has 5 heteroatoms. The smallest absolute Gasteiger partial charge is 0.232 e. The summed E-state index contributed by atoms with van der Waals surface area (Å²) in [6.45, 7) is 9.68. The first-order valence-electron chi connectivity index (χ1n) is 10.6. The van der Waals surface area contributed by atoms with Gasteiger partial charge in [-0.3, -0.25) is 0 Å². The first-order chi connectivity index (χ1) is 14.1. The molecule has 0 saturated carbocycles. The molecule has 0 unspecified atom stereocenters. The highest BCUT2D eigenvalue weighted by molar-refractivity contribution is 5.83. The SMILES string of the molecule is CC(C)=CCC/C(C)=C/CC[C@](C)(O)[C@@H]1Oc2c(c3ccccc3[n+]([O-])c2C)[C@@H]1O. The number of aliphatic hydroxyl groups is 2. The van der Waals surface area contributed by atoms with E-state index in [1.165, 1.54) is 11.1 Å². The highest BCUT2D eigenvalue weighted by Crippen LogP contribution is 2.45. The minimum atomic E-state index is -1.24. The predicted molar refractivity (Wildman–Crippen MR) is 119 cm³/mol. The second-order valence-electron chi connectivity index (χ2n) is 8.89. The molecule has 2 heterocycles. The number of allylic oxidation sites excluding steroid dienone is 4. The van der Waals surface area contributed by atoms with Crippen LogP contribution in [0.5, 0.6) is 5.75 Å². The van der Waals surface area contributed by atoms with Crippen LogP contribution in [0.15, 0.2) is 47.6 Å². The monoisotopic (exact) mass is 411 g/mol. The average molecular weight is 412 g/mol. The van der Waals surface area contributed by atoms with E-state index in [-0.39, 0.29) is 0 Å². The van der Waals surface area contributed by atoms with E-state index in [4.69, 9.17) is 4.74 Å². The topological polar surface area (TPSA) is 76.6 Å². The number of pyridine rings is 1. The van der Waals surface area contributed by atoms with E-state index < -0.39 is 17.8 Å². The summed E-state index contributed by atoms with van der Waals surface area (Å²) in [4.78, 5) is 0. The highest BCUT2D eigenvalue weighted by Gasteiger charge is 2.47. The van der Waals surface area contributed by atoms with E-state index in [0.717, 1.165) is 17.6 Å². The third-order valence-electron chi connectivity index (χ3n) is 5.97. The van der Waals surface area contributed by atoms with Crippen LogP contribution in [0, 0.1) is 12.1 Å². The van der Waals surface area contributed by atoms with Crippen LogP contribution < -0.4 is 9.47 Å². The average Bonchev–Trinajstić information content (AvgIpc) is 3.04. The van der Waals surface area contributed by atoms with Gasteiger partial charge in [-0.15, -0.1) is 0 Å². The summed E-state index contributed by atoms with van der Waals surface area (Å²) in [5, 5.41) is 35.5. The van der Waals surface area contributed by atoms with Crippen molar-refractivity contribution < 1.29 is 19.7 Å². The molecule has 0 amide bonds. The molecule has 0 bridgehead atoms. The van der Waals surface area contributed by atoms with Crippen LogP contribution in [0.4, 0.5) is 0 Å². The van der Waals surface area contributed by atoms with Crippen molar-refractivity contribution in [1.82, 2.24) is 0 Å². The van der Waals surface area contributed by atoms with Crippen molar-refractivity contribution in [2.24, 2.45) is 0 Å². The van der Waals surface area contributed by atoms with Gasteiger partial charge in [0.1, 0.15) is 11.7 Å². The number of benzene rings is 1. The van der Waals surface area contributed by atoms with Crippen molar-refractivity contribution in [1.29, 1.82) is 0 Å². The summed E-state index contributed by atoms with van der Waals surface area (Å²) in [5.41, 5.74) is 2.85. The van der Waals surface area contributed by atoms with Crippen molar-refractivity contribution in [3.8, 4) is 5.75 Å². The van der Waals surface area contributed by atoms with E-state index >= 15 is 0 Å². The van der Waals surface area contributed by atoms with E-state index in [1.54, 1.807) is 26.0 Å². The fourth-order valence-electron chi connectivity index (χ4n) is 4.16. The Hall–Kier alpha value is -2.37. The summed E-state index contributed by atoms with van der Waals surface area (Å²) in [7, 11) is 0. The number of rotatable bonds is 7. The summed E-state index contributed by atoms with van der Waals surface area (Å²) in [6, 6.07) is 7.17. The van der Waals surface area contributed by atoms with Crippen molar-refractivity contribution in [3.05, 3.63) is 64.0 Å². The Morgan fingerprint density at radius 1 is 1.20 bits per heavy atom. The van der Waals surface area contributed by atoms with Crippen LogP contribution in [0.2, 0.25) is 0 Å². The predicted octanol–water partition coefficient (Wildman–Crippen LogP) is 4.80. The summed E-state index contributed by atoms with van der Waals surface area (Å²) >= 11 is 0. The maximum atomic E-state index is 12.6. The second-order valence-corrected chi connectivity index (χ2v) is 8.89. The number of fused-ring (bicyclic) bond motifs is 3. The Bertz CT molecular complexity index is 986. The van der Waals surface area contributed by atoms with Crippen LogP contribution in [0.1, 0.15) is 70.7 Å². The van der Waals surface area contributed by atoms with Crippen LogP contribution in [-0.4, -0.2) is 21.9 Å². The molecule has 5 nitrogen and oxygen atoms in total. The van der Waals surface area contributed by atoms with Crippen molar-refractivity contribution in [3.63, 3.8) is 0 Å². The first-order valence-corrected chi connectivity index (χ1v) is 10.6. The molecular formula is C25H33NO4. The molecule has 3 atom stereocenters. The number of aromatic nitrogens is 1. The molecule has 0 aliphatic carbocycles. The van der Waals surface area contributed by atoms with E-state index in [2.05, 4.69) is 32.9 Å². The van der Waals surface area contributed by atoms with Crippen molar-refractivity contribution in [2.45, 2.75) is 78.1 Å². The van der Waals surface area contributed by atoms with Gasteiger partial charge in [0, 0.05) is 18.6 Å². The van der Waals surface area contributed by atoms with Gasteiger partial charge in [-0.25, -0.2) is 0 Å². The lowest BCUT2D eigenvalue weighted by atomic mass is 9.87. The summed E-state index contributed by atoms with van der Waals surface area (Å²) in [5.74, 6) is 0.384. The summed E-state index contributed by atoms with van der Waals surface area (Å²) < 4.78 is 6.83. The zero-order valence-electron chi connectivity index (χ0n) is 18.6. The number of ether oxygens (including phenoxy) is 1. The normalized spacial score (nSPS) is 20.6. The van der Waals surface area contributed by atoms with Gasteiger partial charge in [-0.2, -0.15) is 4.73 Å². The number of hydrogen-bond donors (Lipinski definition) is 2. The second kappa shape index (κ2) is 8.78. The van der Waals surface area contributed by atoms with E-state index in [1.807, 2.05) is 12.1 Å². The number of aliphatic hydroxyl groups excluding tert-OH is 1. The lowest BCUT2D eigenvalue weighted by Crippen LogP contribution is -2.44. The maximum absolute atomic E-state index is 12.6. The number of para-hydroxylation sites is 1. The fraction of sp³-hybridized carbons (Fsp3) is 0.480. The van der Waals surface area contributed by atoms with Gasteiger partial charge in [0.05, 0.1) is 5.39 Å². The number of hydrogen-bond acceptors (Lipinski definition) is 4. The van der Waals surface area contributed by atoms with E-state index in [0.29, 0.717) is 40.8 Å². The molecule has 1 aromatic heterocycles. The van der Waals surface area contributed by atoms with Crippen LogP contribution in [0.25, 0.3) is 10.9 Å². The molecule has 0 fully saturated rings. The Labute approximate surface area is 178 Å². The maximum Gasteiger partial charge on any atom is 0.232 e. The molecular weight excluding hydrogens is 378 g/mol. The van der Waals surface area contributed by atoms with Crippen molar-refractivity contribution >= 4 is 10.9 Å². The third kappa shape index (κ3) is 4.37. The Balaban J connectivity index is 1.77. The molecule has 3 rings (SSSR count).